The average molecular weight is 273 g/mol. The van der Waals surface area contributed by atoms with Gasteiger partial charge in [-0.1, -0.05) is 0 Å². The topological polar surface area (TPSA) is 53.6 Å². The minimum atomic E-state index is -0.0353. The lowest BCUT2D eigenvalue weighted by Crippen LogP contribution is -2.45. The summed E-state index contributed by atoms with van der Waals surface area (Å²) in [6.07, 6.45) is 0. The molecule has 2 rings (SSSR count). The van der Waals surface area contributed by atoms with Gasteiger partial charge in [-0.15, -0.1) is 0 Å². The van der Waals surface area contributed by atoms with Gasteiger partial charge in [-0.25, -0.2) is 0 Å². The Bertz CT molecular complexity index is 272. The highest BCUT2D eigenvalue weighted by atomic mass is 32.2. The number of carbonyl (C=O) groups is 1. The molecule has 0 aliphatic carbocycles. The zero-order valence-corrected chi connectivity index (χ0v) is 11.8. The van der Waals surface area contributed by atoms with Crippen molar-refractivity contribution in [1.82, 2.24) is 15.5 Å². The lowest BCUT2D eigenvalue weighted by Gasteiger charge is -2.26. The maximum Gasteiger partial charge on any atom is 0.227 e. The molecule has 0 aromatic heterocycles. The zero-order valence-electron chi connectivity index (χ0n) is 11.0. The molecule has 0 aromatic carbocycles. The fraction of sp³-hybridized carbons (Fsp3) is 0.917. The van der Waals surface area contributed by atoms with E-state index in [2.05, 4.69) is 15.5 Å². The first kappa shape index (κ1) is 14.1. The Morgan fingerprint density at radius 1 is 1.39 bits per heavy atom. The van der Waals surface area contributed by atoms with Crippen molar-refractivity contribution in [2.24, 2.45) is 5.92 Å². The molecule has 2 fully saturated rings. The highest BCUT2D eigenvalue weighted by molar-refractivity contribution is 7.99. The summed E-state index contributed by atoms with van der Waals surface area (Å²) < 4.78 is 5.34. The molecule has 0 bridgehead atoms. The van der Waals surface area contributed by atoms with E-state index < -0.39 is 0 Å². The van der Waals surface area contributed by atoms with E-state index in [0.717, 1.165) is 26.2 Å². The standard InChI is InChI=1S/C12H23N3O2S/c1-13-11-9-17-8-10(11)12(16)14-2-3-15-4-6-18-7-5-15/h10-11,13H,2-9H2,1H3,(H,14,16). The van der Waals surface area contributed by atoms with Crippen molar-refractivity contribution in [1.29, 1.82) is 0 Å². The van der Waals surface area contributed by atoms with Gasteiger partial charge in [0, 0.05) is 43.7 Å². The number of carbonyl (C=O) groups excluding carboxylic acids is 1. The Balaban J connectivity index is 1.64. The van der Waals surface area contributed by atoms with Gasteiger partial charge in [-0.3, -0.25) is 9.69 Å². The van der Waals surface area contributed by atoms with Gasteiger partial charge in [0.05, 0.1) is 19.1 Å². The summed E-state index contributed by atoms with van der Waals surface area (Å²) in [5, 5.41) is 6.16. The molecule has 2 aliphatic heterocycles. The van der Waals surface area contributed by atoms with Crippen LogP contribution in [0.15, 0.2) is 0 Å². The molecule has 0 saturated carbocycles. The van der Waals surface area contributed by atoms with Crippen molar-refractivity contribution in [3.8, 4) is 0 Å². The van der Waals surface area contributed by atoms with Crippen molar-refractivity contribution in [3.05, 3.63) is 0 Å². The number of nitrogens with zero attached hydrogens (tertiary/aromatic N) is 1. The lowest BCUT2D eigenvalue weighted by molar-refractivity contribution is -0.125. The van der Waals surface area contributed by atoms with E-state index in [4.69, 9.17) is 4.74 Å². The smallest absolute Gasteiger partial charge is 0.227 e. The van der Waals surface area contributed by atoms with E-state index in [1.807, 2.05) is 18.8 Å². The van der Waals surface area contributed by atoms with Gasteiger partial charge in [0.1, 0.15) is 0 Å². The van der Waals surface area contributed by atoms with E-state index >= 15 is 0 Å². The first-order valence-electron chi connectivity index (χ1n) is 6.64. The fourth-order valence-corrected chi connectivity index (χ4v) is 3.37. The number of amides is 1. The van der Waals surface area contributed by atoms with E-state index in [9.17, 15) is 4.79 Å². The molecule has 2 N–H and O–H groups in total. The number of ether oxygens (including phenoxy) is 1. The van der Waals surface area contributed by atoms with Crippen molar-refractivity contribution in [2.45, 2.75) is 6.04 Å². The molecule has 18 heavy (non-hydrogen) atoms. The normalized spacial score (nSPS) is 29.4. The highest BCUT2D eigenvalue weighted by Gasteiger charge is 2.32. The summed E-state index contributed by atoms with van der Waals surface area (Å²) in [6, 6.07) is 0.163. The summed E-state index contributed by atoms with van der Waals surface area (Å²) in [5.74, 6) is 2.52. The number of nitrogens with one attached hydrogen (secondary N) is 2. The van der Waals surface area contributed by atoms with Crippen LogP contribution < -0.4 is 10.6 Å². The second-order valence-electron chi connectivity index (χ2n) is 4.78. The van der Waals surface area contributed by atoms with E-state index in [1.165, 1.54) is 11.5 Å². The largest absolute Gasteiger partial charge is 0.379 e. The van der Waals surface area contributed by atoms with Crippen molar-refractivity contribution in [3.63, 3.8) is 0 Å². The Hall–Kier alpha value is -0.300. The molecule has 2 unspecified atom stereocenters. The predicted octanol–water partition coefficient (Wildman–Crippen LogP) is -0.614. The number of thioether (sulfide) groups is 1. The van der Waals surface area contributed by atoms with Gasteiger partial charge in [-0.05, 0) is 7.05 Å². The predicted molar refractivity (Wildman–Crippen MR) is 73.9 cm³/mol. The number of likely N-dealkylation sites (N-methyl/N-ethyl adjacent to an activating group) is 1. The van der Waals surface area contributed by atoms with Gasteiger partial charge >= 0.3 is 0 Å². The Labute approximate surface area is 113 Å². The van der Waals surface area contributed by atoms with Crippen LogP contribution in [0.4, 0.5) is 0 Å². The second kappa shape index (κ2) is 7.33. The maximum atomic E-state index is 12.0. The van der Waals surface area contributed by atoms with Gasteiger partial charge in [0.15, 0.2) is 0 Å². The van der Waals surface area contributed by atoms with Crippen LogP contribution in [0.1, 0.15) is 0 Å². The second-order valence-corrected chi connectivity index (χ2v) is 6.01. The van der Waals surface area contributed by atoms with Crippen LogP contribution in [0, 0.1) is 5.92 Å². The first-order chi connectivity index (χ1) is 8.81. The van der Waals surface area contributed by atoms with Gasteiger partial charge < -0.3 is 15.4 Å². The van der Waals surface area contributed by atoms with Gasteiger partial charge in [0.25, 0.3) is 0 Å². The van der Waals surface area contributed by atoms with Crippen LogP contribution in [-0.2, 0) is 9.53 Å². The van der Waals surface area contributed by atoms with Crippen LogP contribution >= 0.6 is 11.8 Å². The maximum absolute atomic E-state index is 12.0. The first-order valence-corrected chi connectivity index (χ1v) is 7.79. The van der Waals surface area contributed by atoms with Crippen LogP contribution in [0.2, 0.25) is 0 Å². The van der Waals surface area contributed by atoms with Crippen molar-refractivity contribution in [2.75, 3.05) is 57.9 Å². The lowest BCUT2D eigenvalue weighted by atomic mass is 10.0. The molecular weight excluding hydrogens is 250 g/mol. The summed E-state index contributed by atoms with van der Waals surface area (Å²) in [5.41, 5.74) is 0. The minimum Gasteiger partial charge on any atom is -0.379 e. The molecule has 2 heterocycles. The summed E-state index contributed by atoms with van der Waals surface area (Å²) in [4.78, 5) is 14.4. The molecule has 2 saturated heterocycles. The molecule has 0 spiro atoms. The zero-order chi connectivity index (χ0) is 12.8. The molecular formula is C12H23N3O2S. The Morgan fingerprint density at radius 3 is 2.89 bits per heavy atom. The van der Waals surface area contributed by atoms with Crippen LogP contribution in [0.3, 0.4) is 0 Å². The average Bonchev–Trinajstić information content (AvgIpc) is 2.88. The van der Waals surface area contributed by atoms with E-state index in [0.29, 0.717) is 13.2 Å². The molecule has 0 aromatic rings. The Morgan fingerprint density at radius 2 is 2.17 bits per heavy atom. The molecule has 2 aliphatic rings. The molecule has 104 valence electrons. The third kappa shape index (κ3) is 3.85. The molecule has 2 atom stereocenters. The molecule has 0 radical (unpaired) electrons. The fourth-order valence-electron chi connectivity index (χ4n) is 2.39. The summed E-state index contributed by atoms with van der Waals surface area (Å²) in [7, 11) is 1.88. The van der Waals surface area contributed by atoms with Crippen LogP contribution in [0.25, 0.3) is 0 Å². The molecule has 5 nitrogen and oxygen atoms in total. The quantitative estimate of drug-likeness (QED) is 0.700. The number of hydrogen-bond donors (Lipinski definition) is 2. The summed E-state index contributed by atoms with van der Waals surface area (Å²) in [6.45, 7) is 5.18. The van der Waals surface area contributed by atoms with Gasteiger partial charge in [-0.2, -0.15) is 11.8 Å². The van der Waals surface area contributed by atoms with Crippen molar-refractivity contribution < 1.29 is 9.53 Å². The molecule has 6 heteroatoms. The third-order valence-corrected chi connectivity index (χ3v) is 4.56. The van der Waals surface area contributed by atoms with Crippen LogP contribution in [0.5, 0.6) is 0 Å². The number of rotatable bonds is 5. The molecule has 1 amide bonds. The SMILES string of the molecule is CNC1COCC1C(=O)NCCN1CCSCC1. The minimum absolute atomic E-state index is 0.0353. The Kier molecular flexibility index (Phi) is 5.75. The van der Waals surface area contributed by atoms with E-state index in [1.54, 1.807) is 0 Å². The van der Waals surface area contributed by atoms with E-state index in [-0.39, 0.29) is 17.9 Å². The monoisotopic (exact) mass is 273 g/mol. The number of hydrogen-bond acceptors (Lipinski definition) is 5. The van der Waals surface area contributed by atoms with Crippen LogP contribution in [-0.4, -0.2) is 74.8 Å². The van der Waals surface area contributed by atoms with Crippen molar-refractivity contribution >= 4 is 17.7 Å². The highest BCUT2D eigenvalue weighted by Crippen LogP contribution is 2.13. The summed E-state index contributed by atoms with van der Waals surface area (Å²) >= 11 is 2.01. The van der Waals surface area contributed by atoms with Gasteiger partial charge in [0.2, 0.25) is 5.91 Å². The third-order valence-electron chi connectivity index (χ3n) is 3.62.